The summed E-state index contributed by atoms with van der Waals surface area (Å²) < 4.78 is 5.89. The Bertz CT molecular complexity index is 440. The Morgan fingerprint density at radius 3 is 3.00 bits per heavy atom. The smallest absolute Gasteiger partial charge is 0.145 e. The largest absolute Gasteiger partial charge is 0.491 e. The Kier molecular flexibility index (Phi) is 2.35. The number of rotatable bonds is 0. The first-order valence-corrected chi connectivity index (χ1v) is 6.05. The zero-order chi connectivity index (χ0) is 11.0. The van der Waals surface area contributed by atoms with Gasteiger partial charge in [0.2, 0.25) is 0 Å². The molecule has 1 aromatic rings. The maximum atomic E-state index is 5.89. The predicted octanol–water partition coefficient (Wildman–Crippen LogP) is 2.62. The molecule has 2 aliphatic heterocycles. The summed E-state index contributed by atoms with van der Waals surface area (Å²) in [5.74, 6) is 1.11. The van der Waals surface area contributed by atoms with E-state index in [9.17, 15) is 0 Å². The minimum absolute atomic E-state index is 0.816. The van der Waals surface area contributed by atoms with Crippen LogP contribution in [0.15, 0.2) is 23.9 Å². The van der Waals surface area contributed by atoms with Gasteiger partial charge in [0.1, 0.15) is 5.76 Å². The van der Waals surface area contributed by atoms with E-state index in [1.807, 2.05) is 0 Å². The van der Waals surface area contributed by atoms with Crippen LogP contribution in [0.25, 0.3) is 5.76 Å². The van der Waals surface area contributed by atoms with Crippen molar-refractivity contribution in [3.8, 4) is 0 Å². The van der Waals surface area contributed by atoms with Crippen LogP contribution in [0.4, 0.5) is 0 Å². The molecule has 0 aromatic heterocycles. The molecule has 0 spiro atoms. The van der Waals surface area contributed by atoms with E-state index < -0.39 is 0 Å². The maximum absolute atomic E-state index is 5.89. The van der Waals surface area contributed by atoms with Crippen LogP contribution in [-0.4, -0.2) is 13.2 Å². The number of allylic oxidation sites excluding steroid dienone is 1. The van der Waals surface area contributed by atoms with Crippen LogP contribution in [0.3, 0.4) is 0 Å². The summed E-state index contributed by atoms with van der Waals surface area (Å²) in [5, 5.41) is 3.45. The third-order valence-corrected chi connectivity index (χ3v) is 3.42. The number of aryl methyl sites for hydroxylation is 1. The molecule has 16 heavy (non-hydrogen) atoms. The van der Waals surface area contributed by atoms with Crippen LogP contribution in [0, 0.1) is 6.92 Å². The summed E-state index contributed by atoms with van der Waals surface area (Å²) in [6, 6.07) is 6.53. The van der Waals surface area contributed by atoms with Crippen LogP contribution >= 0.6 is 0 Å². The summed E-state index contributed by atoms with van der Waals surface area (Å²) in [6.45, 7) is 4.07. The number of hydrogen-bond acceptors (Lipinski definition) is 2. The first-order chi connectivity index (χ1) is 7.86. The van der Waals surface area contributed by atoms with Crippen molar-refractivity contribution >= 4 is 5.76 Å². The molecule has 0 aliphatic carbocycles. The zero-order valence-electron chi connectivity index (χ0n) is 9.68. The van der Waals surface area contributed by atoms with Crippen molar-refractivity contribution in [2.45, 2.75) is 26.2 Å². The highest BCUT2D eigenvalue weighted by molar-refractivity contribution is 5.70. The maximum Gasteiger partial charge on any atom is 0.145 e. The predicted molar refractivity (Wildman–Crippen MR) is 65.0 cm³/mol. The lowest BCUT2D eigenvalue weighted by atomic mass is 9.95. The highest BCUT2D eigenvalue weighted by atomic mass is 16.5. The Morgan fingerprint density at radius 2 is 2.19 bits per heavy atom. The van der Waals surface area contributed by atoms with Crippen LogP contribution in [-0.2, 0) is 11.2 Å². The molecule has 2 heterocycles. The molecule has 0 radical (unpaired) electrons. The molecular formula is C14H17NO. The molecule has 2 nitrogen and oxygen atoms in total. The number of hydrogen-bond donors (Lipinski definition) is 1. The minimum Gasteiger partial charge on any atom is -0.491 e. The van der Waals surface area contributed by atoms with E-state index in [4.69, 9.17) is 4.74 Å². The Morgan fingerprint density at radius 1 is 1.25 bits per heavy atom. The van der Waals surface area contributed by atoms with E-state index in [1.165, 1.54) is 28.8 Å². The standard InChI is InChI=1S/C14H17NO/c1-10-4-2-5-11-7-9-16-14(13(10)11)12-6-3-8-15-12/h2,4-5,15H,3,6-9H2,1H3/b14-12-. The number of fused-ring (bicyclic) bond motifs is 1. The van der Waals surface area contributed by atoms with Crippen LogP contribution in [0.5, 0.6) is 0 Å². The normalized spacial score (nSPS) is 23.6. The van der Waals surface area contributed by atoms with Gasteiger partial charge in [-0.3, -0.25) is 0 Å². The average molecular weight is 215 g/mol. The van der Waals surface area contributed by atoms with Crippen molar-refractivity contribution in [2.75, 3.05) is 13.2 Å². The van der Waals surface area contributed by atoms with Gasteiger partial charge in [0.05, 0.1) is 12.3 Å². The van der Waals surface area contributed by atoms with Crippen molar-refractivity contribution in [2.24, 2.45) is 0 Å². The summed E-state index contributed by atoms with van der Waals surface area (Å²) >= 11 is 0. The molecule has 0 amide bonds. The van der Waals surface area contributed by atoms with Gasteiger partial charge < -0.3 is 10.1 Å². The molecule has 1 saturated heterocycles. The molecule has 1 fully saturated rings. The van der Waals surface area contributed by atoms with E-state index in [1.54, 1.807) is 0 Å². The van der Waals surface area contributed by atoms with Crippen LogP contribution in [0.1, 0.15) is 29.5 Å². The van der Waals surface area contributed by atoms with Gasteiger partial charge in [0, 0.05) is 18.5 Å². The van der Waals surface area contributed by atoms with Crippen molar-refractivity contribution < 1.29 is 4.74 Å². The average Bonchev–Trinajstić information content (AvgIpc) is 2.82. The molecular weight excluding hydrogens is 198 g/mol. The summed E-state index contributed by atoms with van der Waals surface area (Å²) in [6.07, 6.45) is 3.39. The van der Waals surface area contributed by atoms with Crippen molar-refractivity contribution in [1.82, 2.24) is 5.32 Å². The van der Waals surface area contributed by atoms with Gasteiger partial charge in [0.15, 0.2) is 0 Å². The Hall–Kier alpha value is -1.44. The highest BCUT2D eigenvalue weighted by Crippen LogP contribution is 2.32. The molecule has 2 heteroatoms. The van der Waals surface area contributed by atoms with Crippen LogP contribution < -0.4 is 5.32 Å². The van der Waals surface area contributed by atoms with Gasteiger partial charge in [-0.05, 0) is 30.9 Å². The Labute approximate surface area is 96.3 Å². The molecule has 0 atom stereocenters. The number of ether oxygens (including phenoxy) is 1. The lowest BCUT2D eigenvalue weighted by Crippen LogP contribution is -2.15. The number of nitrogens with one attached hydrogen (secondary N) is 1. The van der Waals surface area contributed by atoms with Gasteiger partial charge in [-0.2, -0.15) is 0 Å². The molecule has 0 saturated carbocycles. The minimum atomic E-state index is 0.816. The van der Waals surface area contributed by atoms with E-state index in [2.05, 4.69) is 30.4 Å². The van der Waals surface area contributed by atoms with Gasteiger partial charge >= 0.3 is 0 Å². The second-order valence-electron chi connectivity index (χ2n) is 4.55. The number of benzene rings is 1. The first-order valence-electron chi connectivity index (χ1n) is 6.05. The molecule has 1 aromatic carbocycles. The topological polar surface area (TPSA) is 21.3 Å². The first kappa shape index (κ1) is 9.76. The molecule has 0 unspecified atom stereocenters. The molecule has 0 bridgehead atoms. The van der Waals surface area contributed by atoms with E-state index in [0.29, 0.717) is 0 Å². The molecule has 84 valence electrons. The lowest BCUT2D eigenvalue weighted by molar-refractivity contribution is 0.266. The van der Waals surface area contributed by atoms with E-state index in [-0.39, 0.29) is 0 Å². The second kappa shape index (κ2) is 3.85. The fraction of sp³-hybridized carbons (Fsp3) is 0.429. The summed E-state index contributed by atoms with van der Waals surface area (Å²) in [5.41, 5.74) is 5.39. The van der Waals surface area contributed by atoms with Crippen molar-refractivity contribution in [3.05, 3.63) is 40.6 Å². The van der Waals surface area contributed by atoms with Gasteiger partial charge in [0.25, 0.3) is 0 Å². The zero-order valence-corrected chi connectivity index (χ0v) is 9.68. The monoisotopic (exact) mass is 215 g/mol. The molecule has 2 aliphatic rings. The van der Waals surface area contributed by atoms with Gasteiger partial charge in [-0.25, -0.2) is 0 Å². The molecule has 1 N–H and O–H groups in total. The Balaban J connectivity index is 2.15. The van der Waals surface area contributed by atoms with Crippen molar-refractivity contribution in [1.29, 1.82) is 0 Å². The second-order valence-corrected chi connectivity index (χ2v) is 4.55. The summed E-state index contributed by atoms with van der Waals surface area (Å²) in [7, 11) is 0. The lowest BCUT2D eigenvalue weighted by Gasteiger charge is -2.24. The molecule has 3 rings (SSSR count). The quantitative estimate of drug-likeness (QED) is 0.718. The van der Waals surface area contributed by atoms with Gasteiger partial charge in [-0.15, -0.1) is 0 Å². The van der Waals surface area contributed by atoms with Crippen molar-refractivity contribution in [3.63, 3.8) is 0 Å². The third-order valence-electron chi connectivity index (χ3n) is 3.42. The van der Waals surface area contributed by atoms with Crippen LogP contribution in [0.2, 0.25) is 0 Å². The third kappa shape index (κ3) is 1.49. The van der Waals surface area contributed by atoms with Gasteiger partial charge in [-0.1, -0.05) is 18.2 Å². The van der Waals surface area contributed by atoms with E-state index >= 15 is 0 Å². The SMILES string of the molecule is Cc1cccc2c1/C(=C1\CCCN1)OCC2. The summed E-state index contributed by atoms with van der Waals surface area (Å²) in [4.78, 5) is 0. The fourth-order valence-corrected chi connectivity index (χ4v) is 2.62. The highest BCUT2D eigenvalue weighted by Gasteiger charge is 2.22. The van der Waals surface area contributed by atoms with E-state index in [0.717, 1.165) is 31.8 Å². The fourth-order valence-electron chi connectivity index (χ4n) is 2.62.